The molecule has 1 aromatic rings. The molecule has 1 rings (SSSR count). The van der Waals surface area contributed by atoms with Gasteiger partial charge in [0.25, 0.3) is 0 Å². The van der Waals surface area contributed by atoms with E-state index in [4.69, 9.17) is 0 Å². The first kappa shape index (κ1) is 40.3. The number of benzene rings is 1. The topological polar surface area (TPSA) is 0 Å². The third-order valence-corrected chi connectivity index (χ3v) is 12.2. The second kappa shape index (κ2) is 32.7. The summed E-state index contributed by atoms with van der Waals surface area (Å²) in [4.78, 5) is 4.74. The van der Waals surface area contributed by atoms with Crippen molar-refractivity contribution in [3.05, 3.63) is 18.2 Å². The molecule has 0 unspecified atom stereocenters. The Labute approximate surface area is 278 Å². The van der Waals surface area contributed by atoms with E-state index < -0.39 is 0 Å². The second-order valence-electron chi connectivity index (χ2n) is 12.6. The van der Waals surface area contributed by atoms with Crippen LogP contribution in [0.5, 0.6) is 0 Å². The summed E-state index contributed by atoms with van der Waals surface area (Å²) in [6, 6.07) is 7.17. The van der Waals surface area contributed by atoms with Gasteiger partial charge in [0, 0.05) is 14.7 Å². The molecule has 0 fully saturated rings. The summed E-state index contributed by atoms with van der Waals surface area (Å²) in [5.41, 5.74) is 0. The van der Waals surface area contributed by atoms with E-state index in [1.54, 1.807) is 14.7 Å². The summed E-state index contributed by atoms with van der Waals surface area (Å²) in [6.07, 6.45) is 38.4. The number of hydrogen-bond acceptors (Lipinski definition) is 3. The van der Waals surface area contributed by atoms with Crippen LogP contribution in [-0.4, -0.2) is 17.3 Å². The molecule has 0 N–H and O–H groups in total. The van der Waals surface area contributed by atoms with Gasteiger partial charge in [-0.3, -0.25) is 0 Å². The van der Waals surface area contributed by atoms with Crippen LogP contribution in [0.15, 0.2) is 32.9 Å². The van der Waals surface area contributed by atoms with E-state index in [9.17, 15) is 0 Å². The fraction of sp³-hybridized carbons (Fsp3) is 0.846. The van der Waals surface area contributed by atoms with Crippen LogP contribution in [0.1, 0.15) is 194 Å². The largest absolute Gasteiger partial charge is 0.125 e. The minimum absolute atomic E-state index is 1.29. The molecule has 42 heavy (non-hydrogen) atoms. The highest BCUT2D eigenvalue weighted by Crippen LogP contribution is 2.40. The zero-order valence-corrected chi connectivity index (χ0v) is 31.1. The third kappa shape index (κ3) is 24.6. The Kier molecular flexibility index (Phi) is 31.3. The van der Waals surface area contributed by atoms with Crippen molar-refractivity contribution < 1.29 is 0 Å². The van der Waals surface area contributed by atoms with Gasteiger partial charge in [-0.25, -0.2) is 0 Å². The molecule has 246 valence electrons. The highest BCUT2D eigenvalue weighted by molar-refractivity contribution is 8.03. The lowest BCUT2D eigenvalue weighted by Crippen LogP contribution is -1.91. The summed E-state index contributed by atoms with van der Waals surface area (Å²) in [5.74, 6) is 3.86. The SMILES string of the molecule is CCCCCCCCCCCSc1cccc(SCCCCCCCCCCC)c1SCCCCCCCCCCC. The quantitative estimate of drug-likeness (QED) is 0.0556. The third-order valence-electron chi connectivity index (χ3n) is 8.45. The average molecular weight is 637 g/mol. The number of hydrogen-bond donors (Lipinski definition) is 0. The van der Waals surface area contributed by atoms with Crippen LogP contribution in [-0.2, 0) is 0 Å². The molecule has 0 aliphatic carbocycles. The van der Waals surface area contributed by atoms with Crippen molar-refractivity contribution in [1.82, 2.24) is 0 Å². The molecule has 0 saturated carbocycles. The summed E-state index contributed by atoms with van der Waals surface area (Å²) in [7, 11) is 0. The molecule has 1 aromatic carbocycles. The van der Waals surface area contributed by atoms with Crippen molar-refractivity contribution in [1.29, 1.82) is 0 Å². The van der Waals surface area contributed by atoms with Gasteiger partial charge in [-0.2, -0.15) is 0 Å². The molecular formula is C39H72S3. The minimum Gasteiger partial charge on any atom is -0.125 e. The molecule has 0 aliphatic rings. The zero-order valence-electron chi connectivity index (χ0n) is 28.7. The molecule has 0 bridgehead atoms. The van der Waals surface area contributed by atoms with E-state index in [0.29, 0.717) is 0 Å². The van der Waals surface area contributed by atoms with Crippen LogP contribution in [0.4, 0.5) is 0 Å². The van der Waals surface area contributed by atoms with Gasteiger partial charge in [0.15, 0.2) is 0 Å². The summed E-state index contributed by atoms with van der Waals surface area (Å²) in [6.45, 7) is 6.93. The van der Waals surface area contributed by atoms with E-state index >= 15 is 0 Å². The molecule has 0 saturated heterocycles. The van der Waals surface area contributed by atoms with Gasteiger partial charge >= 0.3 is 0 Å². The van der Waals surface area contributed by atoms with E-state index in [1.807, 2.05) is 0 Å². The van der Waals surface area contributed by atoms with E-state index in [1.165, 1.54) is 191 Å². The maximum absolute atomic E-state index is 2.42. The number of thioether (sulfide) groups is 3. The van der Waals surface area contributed by atoms with Gasteiger partial charge in [-0.1, -0.05) is 181 Å². The Morgan fingerprint density at radius 3 is 0.905 bits per heavy atom. The Morgan fingerprint density at radius 2 is 0.595 bits per heavy atom. The molecular weight excluding hydrogens is 565 g/mol. The van der Waals surface area contributed by atoms with Crippen molar-refractivity contribution in [3.8, 4) is 0 Å². The molecule has 0 spiro atoms. The van der Waals surface area contributed by atoms with Gasteiger partial charge in [-0.15, -0.1) is 35.3 Å². The number of rotatable bonds is 33. The first-order valence-electron chi connectivity index (χ1n) is 18.8. The maximum Gasteiger partial charge on any atom is 0.0344 e. The summed E-state index contributed by atoms with van der Waals surface area (Å²) >= 11 is 6.45. The molecule has 0 nitrogen and oxygen atoms in total. The molecule has 0 aromatic heterocycles. The number of unbranched alkanes of at least 4 members (excludes halogenated alkanes) is 24. The highest BCUT2D eigenvalue weighted by atomic mass is 32.2. The van der Waals surface area contributed by atoms with Crippen LogP contribution < -0.4 is 0 Å². The van der Waals surface area contributed by atoms with Crippen molar-refractivity contribution in [2.45, 2.75) is 209 Å². The molecule has 0 atom stereocenters. The first-order valence-corrected chi connectivity index (χ1v) is 21.8. The Balaban J connectivity index is 2.41. The average Bonchev–Trinajstić information content (AvgIpc) is 3.00. The fourth-order valence-electron chi connectivity index (χ4n) is 5.64. The Morgan fingerprint density at radius 1 is 0.333 bits per heavy atom. The van der Waals surface area contributed by atoms with E-state index in [0.717, 1.165) is 0 Å². The predicted octanol–water partition coefficient (Wildman–Crippen LogP) is 15.6. The van der Waals surface area contributed by atoms with Crippen molar-refractivity contribution >= 4 is 35.3 Å². The molecule has 0 heterocycles. The first-order chi connectivity index (χ1) is 20.8. The van der Waals surface area contributed by atoms with Crippen LogP contribution >= 0.6 is 35.3 Å². The monoisotopic (exact) mass is 636 g/mol. The highest BCUT2D eigenvalue weighted by Gasteiger charge is 2.11. The lowest BCUT2D eigenvalue weighted by Gasteiger charge is -2.14. The molecule has 3 heteroatoms. The summed E-state index contributed by atoms with van der Waals surface area (Å²) in [5, 5.41) is 0. The van der Waals surface area contributed by atoms with Crippen molar-refractivity contribution in [3.63, 3.8) is 0 Å². The minimum atomic E-state index is 1.29. The predicted molar refractivity (Wildman–Crippen MR) is 200 cm³/mol. The molecule has 0 radical (unpaired) electrons. The van der Waals surface area contributed by atoms with Crippen LogP contribution in [0.25, 0.3) is 0 Å². The van der Waals surface area contributed by atoms with Crippen molar-refractivity contribution in [2.75, 3.05) is 17.3 Å². The summed E-state index contributed by atoms with van der Waals surface area (Å²) < 4.78 is 0. The van der Waals surface area contributed by atoms with Gasteiger partial charge < -0.3 is 0 Å². The standard InChI is InChI=1S/C39H72S3/c1-4-7-10-13-16-19-22-25-28-34-40-37-32-31-33-38(41-35-29-26-23-20-17-14-11-8-5-2)39(37)42-36-30-27-24-21-18-15-12-9-6-3/h31-33H,4-30,34-36H2,1-3H3. The Hall–Kier alpha value is 0.270. The fourth-order valence-corrected chi connectivity index (χ4v) is 9.36. The second-order valence-corrected chi connectivity index (χ2v) is 16.0. The lowest BCUT2D eigenvalue weighted by atomic mass is 10.1. The zero-order chi connectivity index (χ0) is 30.2. The normalized spacial score (nSPS) is 11.5. The van der Waals surface area contributed by atoms with Gasteiger partial charge in [0.05, 0.1) is 0 Å². The van der Waals surface area contributed by atoms with Crippen molar-refractivity contribution in [2.24, 2.45) is 0 Å². The van der Waals surface area contributed by atoms with E-state index in [2.05, 4.69) is 74.3 Å². The van der Waals surface area contributed by atoms with Gasteiger partial charge in [0.2, 0.25) is 0 Å². The van der Waals surface area contributed by atoms with Crippen LogP contribution in [0.2, 0.25) is 0 Å². The van der Waals surface area contributed by atoms with Gasteiger partial charge in [0.1, 0.15) is 0 Å². The van der Waals surface area contributed by atoms with Gasteiger partial charge in [-0.05, 0) is 48.7 Å². The Bertz CT molecular complexity index is 631. The molecule has 0 aliphatic heterocycles. The lowest BCUT2D eigenvalue weighted by molar-refractivity contribution is 0.573. The van der Waals surface area contributed by atoms with Crippen LogP contribution in [0, 0.1) is 0 Å². The smallest absolute Gasteiger partial charge is 0.0344 e. The maximum atomic E-state index is 2.42. The van der Waals surface area contributed by atoms with E-state index in [-0.39, 0.29) is 0 Å². The molecule has 0 amide bonds. The van der Waals surface area contributed by atoms with Crippen LogP contribution in [0.3, 0.4) is 0 Å².